The number of fused-ring (bicyclic) bond motifs is 21. The van der Waals surface area contributed by atoms with Gasteiger partial charge in [-0.1, -0.05) is 536 Å². The molecule has 0 heteroatoms. The van der Waals surface area contributed by atoms with Gasteiger partial charge in [0, 0.05) is 65.9 Å². The molecule has 0 radical (unpaired) electrons. The molecule has 0 amide bonds. The zero-order chi connectivity index (χ0) is 100. The lowest BCUT2D eigenvalue weighted by Gasteiger charge is -2.39. The van der Waals surface area contributed by atoms with Crippen molar-refractivity contribution in [2.24, 2.45) is 0 Å². The molecule has 0 bridgehead atoms. The second kappa shape index (κ2) is 52.2. The third kappa shape index (κ3) is 22.4. The zero-order valence-corrected chi connectivity index (χ0v) is 92.7. The van der Waals surface area contributed by atoms with Gasteiger partial charge >= 0.3 is 0 Å². The molecular weight excluding hydrogens is 1730 g/mol. The second-order valence-electron chi connectivity index (χ2n) is 46.4. The average Bonchev–Trinajstić information content (AvgIpc) is 1.48. The Labute approximate surface area is 879 Å². The van der Waals surface area contributed by atoms with Gasteiger partial charge in [0.25, 0.3) is 0 Å². The van der Waals surface area contributed by atoms with Crippen LogP contribution in [0, 0.1) is 35.5 Å². The molecule has 6 aliphatic rings. The Kier molecular flexibility index (Phi) is 39.0. The fourth-order valence-corrected chi connectivity index (χ4v) is 29.3. The number of rotatable bonds is 60. The highest BCUT2D eigenvalue weighted by Crippen LogP contribution is 2.73. The van der Waals surface area contributed by atoms with E-state index in [1.54, 1.807) is 66.8 Å². The third-order valence-corrected chi connectivity index (χ3v) is 36.7. The van der Waals surface area contributed by atoms with Crippen molar-refractivity contribution in [1.82, 2.24) is 0 Å². The Morgan fingerprint density at radius 2 is 0.285 bits per heavy atom. The molecule has 0 saturated heterocycles. The summed E-state index contributed by atoms with van der Waals surface area (Å²) < 4.78 is 0. The predicted molar refractivity (Wildman–Crippen MR) is 626 cm³/mol. The zero-order valence-electron chi connectivity index (χ0n) is 92.7. The number of hydrogen-bond donors (Lipinski definition) is 0. The summed E-state index contributed by atoms with van der Waals surface area (Å²) in [5, 5.41) is 0. The van der Waals surface area contributed by atoms with Crippen molar-refractivity contribution < 1.29 is 0 Å². The molecule has 0 aliphatic heterocycles. The maximum atomic E-state index is 4.15. The van der Waals surface area contributed by atoms with Gasteiger partial charge in [-0.25, -0.2) is 0 Å². The summed E-state index contributed by atoms with van der Waals surface area (Å²) in [5.41, 5.74) is 43.5. The molecule has 10 aromatic rings. The molecule has 16 rings (SSSR count). The van der Waals surface area contributed by atoms with Crippen LogP contribution < -0.4 is 0 Å². The fraction of sp³-hybridized carbons (Fsp3) is 0.542. The topological polar surface area (TPSA) is 0 Å². The lowest BCUT2D eigenvalue weighted by atomic mass is 9.63. The van der Waals surface area contributed by atoms with Crippen LogP contribution in [0.1, 0.15) is 568 Å². The number of benzene rings is 10. The minimum absolute atomic E-state index is 0.0118. The van der Waals surface area contributed by atoms with Crippen molar-refractivity contribution in [3.63, 3.8) is 0 Å². The molecule has 0 aromatic heterocycles. The second-order valence-corrected chi connectivity index (χ2v) is 46.4. The highest BCUT2D eigenvalue weighted by Gasteiger charge is 2.59. The normalized spacial score (nSPS) is 14.8. The molecule has 0 atom stereocenters. The lowest BCUT2D eigenvalue weighted by Crippen LogP contribution is -2.31. The molecule has 0 heterocycles. The molecule has 762 valence electrons. The van der Waals surface area contributed by atoms with E-state index in [2.05, 4.69) is 301 Å². The molecule has 0 saturated carbocycles. The van der Waals surface area contributed by atoms with Crippen molar-refractivity contribution in [2.75, 3.05) is 0 Å². The van der Waals surface area contributed by atoms with Gasteiger partial charge in [0.05, 0.1) is 0 Å². The van der Waals surface area contributed by atoms with Gasteiger partial charge in [-0.3, -0.25) is 0 Å². The van der Waals surface area contributed by atoms with E-state index < -0.39 is 0 Å². The van der Waals surface area contributed by atoms with E-state index in [1.807, 2.05) is 0 Å². The quantitative estimate of drug-likeness (QED) is 0.0263. The average molecular weight is 1920 g/mol. The van der Waals surface area contributed by atoms with Crippen LogP contribution in [0.5, 0.6) is 0 Å². The molecular formula is C144H186. The summed E-state index contributed by atoms with van der Waals surface area (Å²) in [5.74, 6) is 24.7. The van der Waals surface area contributed by atoms with Crippen LogP contribution in [0.15, 0.2) is 182 Å². The largest absolute Gasteiger partial charge is 0.0654 e. The van der Waals surface area contributed by atoms with Crippen molar-refractivity contribution in [2.45, 2.75) is 501 Å². The van der Waals surface area contributed by atoms with Gasteiger partial charge in [0.15, 0.2) is 0 Å². The van der Waals surface area contributed by atoms with Crippen molar-refractivity contribution in [1.29, 1.82) is 0 Å². The van der Waals surface area contributed by atoms with Crippen LogP contribution >= 0.6 is 0 Å². The van der Waals surface area contributed by atoms with Gasteiger partial charge in [-0.2, -0.15) is 0 Å². The number of hydrogen-bond acceptors (Lipinski definition) is 0. The highest BCUT2D eigenvalue weighted by molar-refractivity contribution is 6.06. The number of unbranched alkanes of at least 4 members (excludes halogenated alkanes) is 36. The SMILES string of the molecule is CCCCCCC1(CCCCCC)c2ccccc2-c2ccc(C#Cc3ccc4c(c3)C(CCCCCC)(CCCCCC)c3c-4c4c(c5c3-c3ccc(C#Cc6ccc7c(c6)C(CCCCCC)(CCCCCC)c6ccccc6-7)cc3C5(CCCCCC)CCCCCC)-c3ccc(C#Cc5ccc6c(c5)C(CCCCCC)(CCCCCC)c5ccccc5-6)cc3C4(CCCCCC)CCCCCC)cc21. The Hall–Kier alpha value is -9.12. The fourth-order valence-electron chi connectivity index (χ4n) is 29.3. The molecule has 0 spiro atoms. The molecule has 0 nitrogen and oxygen atoms in total. The van der Waals surface area contributed by atoms with E-state index in [0.717, 1.165) is 55.2 Å². The minimum Gasteiger partial charge on any atom is -0.0654 e. The minimum atomic E-state index is -0.288. The van der Waals surface area contributed by atoms with E-state index in [0.29, 0.717) is 0 Å². The molecule has 10 aromatic carbocycles. The molecule has 0 unspecified atom stereocenters. The van der Waals surface area contributed by atoms with Crippen molar-refractivity contribution in [3.05, 3.63) is 282 Å². The van der Waals surface area contributed by atoms with Crippen molar-refractivity contribution >= 4 is 0 Å². The van der Waals surface area contributed by atoms with Crippen LogP contribution in [0.3, 0.4) is 0 Å². The van der Waals surface area contributed by atoms with Crippen LogP contribution in [0.4, 0.5) is 0 Å². The van der Waals surface area contributed by atoms with Gasteiger partial charge in [-0.05, 0) is 283 Å². The standard InChI is InChI=1S/C144H186/c1-13-25-37-55-91-139(92-56-38-26-14-2)124-70-52-49-67-115(124)118-85-79-109(103-127(118)139)73-76-112-82-88-121-130(106-112)142(97-61-43-31-19-7,98-62-44-32-20-8)136-133(121)137-135(123-90-84-114(108-132(123)143(137,99-63-45-33-21-9)100-64-46-34-22-10)78-75-111-81-87-120-117-69-51-54-72-126(117)141(129(120)105-111,95-59-41-29-17-5)96-60-42-30-18-6)138-134(136)122-89-83-113(107-131(122)144(138,101-65-47-35-23-11)102-66-48-36-24-12)77-74-110-80-86-119-116-68-50-53-71-125(116)140(128(119)104-110,93-57-39-27-15-3)94-58-40-28-16-4/h49-54,67-72,79-90,103-108H,13-48,55-66,91-102H2,1-12H3. The first kappa shape index (κ1) is 108. The molecule has 0 fully saturated rings. The first-order valence-electron chi connectivity index (χ1n) is 60.9. The Morgan fingerprint density at radius 1 is 0.139 bits per heavy atom. The van der Waals surface area contributed by atoms with Crippen LogP contribution in [-0.4, -0.2) is 0 Å². The van der Waals surface area contributed by atoms with Gasteiger partial charge in [0.1, 0.15) is 0 Å². The Balaban J connectivity index is 0.964. The summed E-state index contributed by atoms with van der Waals surface area (Å²) >= 11 is 0. The van der Waals surface area contributed by atoms with Gasteiger partial charge in [0.2, 0.25) is 0 Å². The maximum Gasteiger partial charge on any atom is 0.0252 e. The predicted octanol–water partition coefficient (Wildman–Crippen LogP) is 43.1. The summed E-state index contributed by atoms with van der Waals surface area (Å²) in [6, 6.07) is 75.4. The highest BCUT2D eigenvalue weighted by atomic mass is 14.6. The van der Waals surface area contributed by atoms with E-state index >= 15 is 0 Å². The monoisotopic (exact) mass is 1920 g/mol. The first-order chi connectivity index (χ1) is 70.9. The van der Waals surface area contributed by atoms with Gasteiger partial charge < -0.3 is 0 Å². The van der Waals surface area contributed by atoms with E-state index in [9.17, 15) is 0 Å². The molecule has 0 N–H and O–H groups in total. The van der Waals surface area contributed by atoms with Gasteiger partial charge in [-0.15, -0.1) is 0 Å². The maximum absolute atomic E-state index is 4.15. The first-order valence-corrected chi connectivity index (χ1v) is 60.9. The Morgan fingerprint density at radius 3 is 0.458 bits per heavy atom. The molecule has 144 heavy (non-hydrogen) atoms. The van der Waals surface area contributed by atoms with Crippen LogP contribution in [0.2, 0.25) is 0 Å². The summed E-state index contributed by atoms with van der Waals surface area (Å²) in [6.07, 6.45) is 74.1. The molecule has 6 aliphatic carbocycles. The Bertz CT molecular complexity index is 5410. The van der Waals surface area contributed by atoms with E-state index in [4.69, 9.17) is 0 Å². The smallest absolute Gasteiger partial charge is 0.0252 e. The van der Waals surface area contributed by atoms with Crippen molar-refractivity contribution in [3.8, 4) is 102 Å². The summed E-state index contributed by atoms with van der Waals surface area (Å²) in [4.78, 5) is 0. The van der Waals surface area contributed by atoms with Crippen LogP contribution in [-0.2, 0) is 32.5 Å². The van der Waals surface area contributed by atoms with E-state index in [-0.39, 0.29) is 32.5 Å². The van der Waals surface area contributed by atoms with Crippen LogP contribution in [0.25, 0.3) is 66.8 Å². The summed E-state index contributed by atoms with van der Waals surface area (Å²) in [6.45, 7) is 28.9. The third-order valence-electron chi connectivity index (χ3n) is 36.7. The lowest BCUT2D eigenvalue weighted by molar-refractivity contribution is 0.389. The summed E-state index contributed by atoms with van der Waals surface area (Å²) in [7, 11) is 0. The van der Waals surface area contributed by atoms with E-state index in [1.165, 1.54) is 430 Å².